The zero-order valence-corrected chi connectivity index (χ0v) is 20.7. The molecule has 0 saturated heterocycles. The van der Waals surface area contributed by atoms with Gasteiger partial charge in [0.15, 0.2) is 0 Å². The summed E-state index contributed by atoms with van der Waals surface area (Å²) in [6.45, 7) is 1.32. The third-order valence-corrected chi connectivity index (χ3v) is 5.82. The van der Waals surface area contributed by atoms with Gasteiger partial charge in [0.05, 0.1) is 11.8 Å². The van der Waals surface area contributed by atoms with Crippen molar-refractivity contribution in [1.29, 1.82) is 0 Å². The third-order valence-electron chi connectivity index (χ3n) is 5.29. The van der Waals surface area contributed by atoms with Gasteiger partial charge in [0, 0.05) is 59.5 Å². The van der Waals surface area contributed by atoms with E-state index in [1.165, 1.54) is 0 Å². The number of nitrogens with zero attached hydrogens (tertiary/aromatic N) is 5. The van der Waals surface area contributed by atoms with Crippen LogP contribution in [0.2, 0.25) is 0 Å². The smallest absolute Gasteiger partial charge is 0.270 e. The SMILES string of the molecule is O=C(NCCCn1ccnc1)c1cc(Oc2ccc3nc(Nc4ccc(Br)cc4)ncc3c2)ccn1. The van der Waals surface area contributed by atoms with Crippen molar-refractivity contribution in [2.45, 2.75) is 13.0 Å². The number of benzene rings is 2. The predicted octanol–water partition coefficient (Wildman–Crippen LogP) is 5.34. The first-order chi connectivity index (χ1) is 17.6. The average molecular weight is 544 g/mol. The van der Waals surface area contributed by atoms with Crippen molar-refractivity contribution in [3.8, 4) is 11.5 Å². The summed E-state index contributed by atoms with van der Waals surface area (Å²) in [5.74, 6) is 1.39. The Kier molecular flexibility index (Phi) is 7.13. The fourth-order valence-electron chi connectivity index (χ4n) is 3.51. The first-order valence-electron chi connectivity index (χ1n) is 11.3. The molecule has 0 aliphatic rings. The van der Waals surface area contributed by atoms with Crippen LogP contribution in [0.25, 0.3) is 10.9 Å². The number of ether oxygens (including phenoxy) is 1. The number of carbonyl (C=O) groups is 1. The number of fused-ring (bicyclic) bond motifs is 1. The van der Waals surface area contributed by atoms with Crippen LogP contribution >= 0.6 is 15.9 Å². The van der Waals surface area contributed by atoms with Gasteiger partial charge in [0.2, 0.25) is 5.95 Å². The van der Waals surface area contributed by atoms with E-state index in [-0.39, 0.29) is 5.91 Å². The van der Waals surface area contributed by atoms with Gasteiger partial charge in [-0.25, -0.2) is 15.0 Å². The van der Waals surface area contributed by atoms with Crippen molar-refractivity contribution in [1.82, 2.24) is 29.8 Å². The van der Waals surface area contributed by atoms with Crippen molar-refractivity contribution in [3.63, 3.8) is 0 Å². The Morgan fingerprint density at radius 3 is 2.69 bits per heavy atom. The molecule has 5 aromatic rings. The van der Waals surface area contributed by atoms with Gasteiger partial charge in [0.1, 0.15) is 17.2 Å². The number of anilines is 2. The highest BCUT2D eigenvalue weighted by Gasteiger charge is 2.09. The Balaban J connectivity index is 1.20. The summed E-state index contributed by atoms with van der Waals surface area (Å²) >= 11 is 3.43. The first-order valence-corrected chi connectivity index (χ1v) is 12.1. The minimum atomic E-state index is -0.246. The number of rotatable bonds is 9. The quantitative estimate of drug-likeness (QED) is 0.241. The fraction of sp³-hybridized carbons (Fsp3) is 0.115. The van der Waals surface area contributed by atoms with Crippen LogP contribution in [0.1, 0.15) is 16.9 Å². The van der Waals surface area contributed by atoms with Crippen molar-refractivity contribution < 1.29 is 9.53 Å². The lowest BCUT2D eigenvalue weighted by Crippen LogP contribution is -2.26. The average Bonchev–Trinajstić information content (AvgIpc) is 3.42. The van der Waals surface area contributed by atoms with E-state index in [0.717, 1.165) is 34.0 Å². The molecule has 0 saturated carbocycles. The Morgan fingerprint density at radius 1 is 1.00 bits per heavy atom. The van der Waals surface area contributed by atoms with E-state index in [4.69, 9.17) is 4.74 Å². The number of hydrogen-bond acceptors (Lipinski definition) is 7. The van der Waals surface area contributed by atoms with Crippen LogP contribution in [0.5, 0.6) is 11.5 Å². The summed E-state index contributed by atoms with van der Waals surface area (Å²) in [6.07, 6.45) is 9.46. The highest BCUT2D eigenvalue weighted by Crippen LogP contribution is 2.26. The van der Waals surface area contributed by atoms with Crippen molar-refractivity contribution in [2.24, 2.45) is 0 Å². The molecule has 0 atom stereocenters. The van der Waals surface area contributed by atoms with Crippen LogP contribution in [-0.2, 0) is 6.54 Å². The molecule has 1 amide bonds. The Hall–Kier alpha value is -4.31. The van der Waals surface area contributed by atoms with E-state index in [2.05, 4.69) is 46.5 Å². The number of imidazole rings is 1. The van der Waals surface area contributed by atoms with Crippen LogP contribution < -0.4 is 15.4 Å². The number of nitrogens with one attached hydrogen (secondary N) is 2. The Morgan fingerprint density at radius 2 is 1.86 bits per heavy atom. The molecule has 0 aliphatic heterocycles. The second kappa shape index (κ2) is 11.0. The van der Waals surface area contributed by atoms with Crippen LogP contribution in [0.15, 0.2) is 90.2 Å². The molecular weight excluding hydrogens is 522 g/mol. The molecule has 0 unspecified atom stereocenters. The van der Waals surface area contributed by atoms with E-state index >= 15 is 0 Å². The molecule has 2 aromatic carbocycles. The molecule has 36 heavy (non-hydrogen) atoms. The molecule has 180 valence electrons. The normalized spacial score (nSPS) is 10.8. The van der Waals surface area contributed by atoms with Gasteiger partial charge in [-0.1, -0.05) is 15.9 Å². The maximum absolute atomic E-state index is 12.5. The zero-order valence-electron chi connectivity index (χ0n) is 19.1. The van der Waals surface area contributed by atoms with Gasteiger partial charge in [0.25, 0.3) is 5.91 Å². The van der Waals surface area contributed by atoms with E-state index in [9.17, 15) is 4.79 Å². The van der Waals surface area contributed by atoms with E-state index in [1.807, 2.05) is 53.2 Å². The molecule has 2 N–H and O–H groups in total. The summed E-state index contributed by atoms with van der Waals surface area (Å²) < 4.78 is 8.95. The number of pyridine rings is 1. The summed E-state index contributed by atoms with van der Waals surface area (Å²) in [6, 6.07) is 16.7. The van der Waals surface area contributed by atoms with Gasteiger partial charge in [-0.3, -0.25) is 9.78 Å². The Labute approximate surface area is 215 Å². The second-order valence-electron chi connectivity index (χ2n) is 7.93. The Bertz CT molecular complexity index is 1470. The molecule has 3 aromatic heterocycles. The predicted molar refractivity (Wildman–Crippen MR) is 140 cm³/mol. The topological polar surface area (TPSA) is 107 Å². The fourth-order valence-corrected chi connectivity index (χ4v) is 3.77. The molecule has 0 spiro atoms. The molecule has 5 rings (SSSR count). The minimum Gasteiger partial charge on any atom is -0.457 e. The van der Waals surface area contributed by atoms with Crippen LogP contribution in [0.3, 0.4) is 0 Å². The molecule has 0 aliphatic carbocycles. The van der Waals surface area contributed by atoms with Crippen molar-refractivity contribution in [3.05, 3.63) is 95.9 Å². The number of amides is 1. The van der Waals surface area contributed by atoms with E-state index in [1.54, 1.807) is 37.1 Å². The van der Waals surface area contributed by atoms with Gasteiger partial charge < -0.3 is 19.9 Å². The van der Waals surface area contributed by atoms with Crippen molar-refractivity contribution >= 4 is 44.4 Å². The molecular formula is C26H22BrN7O2. The largest absolute Gasteiger partial charge is 0.457 e. The highest BCUT2D eigenvalue weighted by molar-refractivity contribution is 9.10. The van der Waals surface area contributed by atoms with Crippen LogP contribution in [0, 0.1) is 0 Å². The molecule has 10 heteroatoms. The summed E-state index contributed by atoms with van der Waals surface area (Å²) in [5, 5.41) is 6.92. The molecule has 0 fully saturated rings. The maximum atomic E-state index is 12.5. The van der Waals surface area contributed by atoms with Gasteiger partial charge in [-0.05, 0) is 55.0 Å². The number of aryl methyl sites for hydroxylation is 1. The second-order valence-corrected chi connectivity index (χ2v) is 8.85. The van der Waals surface area contributed by atoms with Crippen LogP contribution in [0.4, 0.5) is 11.6 Å². The molecule has 0 radical (unpaired) electrons. The number of hydrogen-bond donors (Lipinski definition) is 2. The third kappa shape index (κ3) is 6.02. The van der Waals surface area contributed by atoms with Gasteiger partial charge in [-0.2, -0.15) is 0 Å². The first kappa shape index (κ1) is 23.4. The molecule has 9 nitrogen and oxygen atoms in total. The number of halogens is 1. The van der Waals surface area contributed by atoms with E-state index < -0.39 is 0 Å². The number of aromatic nitrogens is 5. The summed E-state index contributed by atoms with van der Waals surface area (Å²) in [7, 11) is 0. The molecule has 0 bridgehead atoms. The minimum absolute atomic E-state index is 0.246. The maximum Gasteiger partial charge on any atom is 0.270 e. The summed E-state index contributed by atoms with van der Waals surface area (Å²) in [4.78, 5) is 29.6. The van der Waals surface area contributed by atoms with E-state index in [0.29, 0.717) is 29.7 Å². The lowest BCUT2D eigenvalue weighted by Gasteiger charge is -2.09. The lowest BCUT2D eigenvalue weighted by molar-refractivity contribution is 0.0947. The zero-order chi connectivity index (χ0) is 24.7. The van der Waals surface area contributed by atoms with Gasteiger partial charge >= 0.3 is 0 Å². The molecule has 3 heterocycles. The lowest BCUT2D eigenvalue weighted by atomic mass is 10.2. The highest BCUT2D eigenvalue weighted by atomic mass is 79.9. The monoisotopic (exact) mass is 543 g/mol. The van der Waals surface area contributed by atoms with Crippen molar-refractivity contribution in [2.75, 3.05) is 11.9 Å². The standard InChI is InChI=1S/C26H22BrN7O2/c27-19-2-4-20(5-3-19)32-26-31-16-18-14-21(6-7-23(18)33-26)36-22-8-10-29-24(15-22)25(35)30-9-1-12-34-13-11-28-17-34/h2-8,10-11,13-17H,1,9,12H2,(H,30,35)(H,31,32,33). The summed E-state index contributed by atoms with van der Waals surface area (Å²) in [5.41, 5.74) is 1.97. The number of carbonyl (C=O) groups excluding carboxylic acids is 1. The van der Waals surface area contributed by atoms with Crippen LogP contribution in [-0.4, -0.2) is 37.0 Å². The van der Waals surface area contributed by atoms with Gasteiger partial charge in [-0.15, -0.1) is 0 Å².